The van der Waals surface area contributed by atoms with Gasteiger partial charge in [0.25, 0.3) is 0 Å². The molecule has 0 aliphatic carbocycles. The molecular formula is C14H22N4. The van der Waals surface area contributed by atoms with Crippen LogP contribution in [0.15, 0.2) is 24.5 Å². The molecule has 1 rings (SSSR count). The van der Waals surface area contributed by atoms with Gasteiger partial charge in [-0.05, 0) is 11.6 Å². The molecule has 1 heterocycles. The Morgan fingerprint density at radius 3 is 2.89 bits per heavy atom. The summed E-state index contributed by atoms with van der Waals surface area (Å²) in [5.74, 6) is 0. The van der Waals surface area contributed by atoms with Gasteiger partial charge in [0.15, 0.2) is 0 Å². The molecule has 1 aromatic heterocycles. The molecule has 0 saturated heterocycles. The lowest BCUT2D eigenvalue weighted by molar-refractivity contribution is 0.268. The van der Waals surface area contributed by atoms with E-state index in [-0.39, 0.29) is 0 Å². The molecule has 1 aromatic rings. The third-order valence-electron chi connectivity index (χ3n) is 2.65. The summed E-state index contributed by atoms with van der Waals surface area (Å²) in [5, 5.41) is 12.1. The molecule has 0 unspecified atom stereocenters. The van der Waals surface area contributed by atoms with Crippen LogP contribution in [-0.2, 0) is 6.54 Å². The largest absolute Gasteiger partial charge is 0.313 e. The van der Waals surface area contributed by atoms with Crippen molar-refractivity contribution in [1.82, 2.24) is 15.2 Å². The molecule has 0 aliphatic heterocycles. The fourth-order valence-corrected chi connectivity index (χ4v) is 1.74. The van der Waals surface area contributed by atoms with E-state index in [1.54, 1.807) is 6.20 Å². The van der Waals surface area contributed by atoms with E-state index >= 15 is 0 Å². The van der Waals surface area contributed by atoms with Gasteiger partial charge in [0, 0.05) is 51.0 Å². The van der Waals surface area contributed by atoms with Crippen molar-refractivity contribution in [1.29, 1.82) is 5.26 Å². The number of nitrogens with zero attached hydrogens (tertiary/aromatic N) is 3. The number of hydrogen-bond acceptors (Lipinski definition) is 4. The van der Waals surface area contributed by atoms with Crippen molar-refractivity contribution in [2.45, 2.75) is 32.9 Å². The number of hydrogen-bond donors (Lipinski definition) is 1. The van der Waals surface area contributed by atoms with Gasteiger partial charge in [-0.3, -0.25) is 9.88 Å². The Bertz CT molecular complexity index is 356. The van der Waals surface area contributed by atoms with Gasteiger partial charge in [-0.1, -0.05) is 19.9 Å². The Balaban J connectivity index is 2.42. The fraction of sp³-hybridized carbons (Fsp3) is 0.571. The van der Waals surface area contributed by atoms with Gasteiger partial charge in [0.05, 0.1) is 6.07 Å². The van der Waals surface area contributed by atoms with Crippen LogP contribution in [0.3, 0.4) is 0 Å². The van der Waals surface area contributed by atoms with Crippen LogP contribution >= 0.6 is 0 Å². The topological polar surface area (TPSA) is 52.0 Å². The monoisotopic (exact) mass is 246 g/mol. The quantitative estimate of drug-likeness (QED) is 0.760. The minimum absolute atomic E-state index is 0.501. The van der Waals surface area contributed by atoms with Crippen LogP contribution in [0.2, 0.25) is 0 Å². The zero-order valence-corrected chi connectivity index (χ0v) is 11.3. The minimum Gasteiger partial charge on any atom is -0.313 e. The third-order valence-corrected chi connectivity index (χ3v) is 2.65. The van der Waals surface area contributed by atoms with E-state index in [0.717, 1.165) is 26.2 Å². The lowest BCUT2D eigenvalue weighted by atomic mass is 10.2. The van der Waals surface area contributed by atoms with E-state index in [0.29, 0.717) is 12.5 Å². The van der Waals surface area contributed by atoms with Crippen molar-refractivity contribution >= 4 is 0 Å². The maximum absolute atomic E-state index is 8.69. The summed E-state index contributed by atoms with van der Waals surface area (Å²) >= 11 is 0. The van der Waals surface area contributed by atoms with E-state index in [1.165, 1.54) is 5.56 Å². The summed E-state index contributed by atoms with van der Waals surface area (Å²) in [7, 11) is 0. The Morgan fingerprint density at radius 1 is 1.44 bits per heavy atom. The molecule has 0 spiro atoms. The molecular weight excluding hydrogens is 224 g/mol. The maximum Gasteiger partial charge on any atom is 0.0635 e. The van der Waals surface area contributed by atoms with E-state index in [4.69, 9.17) is 5.26 Å². The lowest BCUT2D eigenvalue weighted by Gasteiger charge is -2.22. The Kier molecular flexibility index (Phi) is 7.00. The second-order valence-electron chi connectivity index (χ2n) is 4.65. The summed E-state index contributed by atoms with van der Waals surface area (Å²) in [6, 6.07) is 6.73. The zero-order chi connectivity index (χ0) is 13.2. The molecule has 0 aromatic carbocycles. The van der Waals surface area contributed by atoms with Crippen molar-refractivity contribution in [2.75, 3.05) is 19.6 Å². The van der Waals surface area contributed by atoms with Crippen molar-refractivity contribution in [3.05, 3.63) is 30.1 Å². The van der Waals surface area contributed by atoms with Gasteiger partial charge in [0.1, 0.15) is 0 Å². The van der Waals surface area contributed by atoms with Gasteiger partial charge in [-0.25, -0.2) is 0 Å². The molecule has 1 N–H and O–H groups in total. The average Bonchev–Trinajstić information content (AvgIpc) is 2.36. The molecule has 0 amide bonds. The Hall–Kier alpha value is -1.44. The number of pyridine rings is 1. The first kappa shape index (κ1) is 14.6. The summed E-state index contributed by atoms with van der Waals surface area (Å²) in [4.78, 5) is 6.41. The molecule has 4 heteroatoms. The molecule has 0 aliphatic rings. The first-order valence-electron chi connectivity index (χ1n) is 6.44. The van der Waals surface area contributed by atoms with E-state index < -0.39 is 0 Å². The number of nitriles is 1. The SMILES string of the molecule is CC(C)NCCN(CCC#N)Cc1cccnc1. The summed E-state index contributed by atoms with van der Waals surface area (Å²) in [6.45, 7) is 7.85. The van der Waals surface area contributed by atoms with E-state index in [9.17, 15) is 0 Å². The zero-order valence-electron chi connectivity index (χ0n) is 11.3. The van der Waals surface area contributed by atoms with Crippen LogP contribution < -0.4 is 5.32 Å². The second kappa shape index (κ2) is 8.62. The third kappa shape index (κ3) is 6.33. The van der Waals surface area contributed by atoms with Crippen molar-refractivity contribution in [2.24, 2.45) is 0 Å². The number of rotatable bonds is 8. The van der Waals surface area contributed by atoms with E-state index in [2.05, 4.69) is 41.2 Å². The van der Waals surface area contributed by atoms with Gasteiger partial charge < -0.3 is 5.32 Å². The smallest absolute Gasteiger partial charge is 0.0635 e. The van der Waals surface area contributed by atoms with Crippen LogP contribution in [0, 0.1) is 11.3 Å². The molecule has 0 atom stereocenters. The van der Waals surface area contributed by atoms with Gasteiger partial charge in [-0.15, -0.1) is 0 Å². The average molecular weight is 246 g/mol. The maximum atomic E-state index is 8.69. The van der Waals surface area contributed by atoms with Gasteiger partial charge in [-0.2, -0.15) is 5.26 Å². The summed E-state index contributed by atoms with van der Waals surface area (Å²) < 4.78 is 0. The summed E-state index contributed by atoms with van der Waals surface area (Å²) in [5.41, 5.74) is 1.19. The first-order chi connectivity index (χ1) is 8.72. The molecule has 0 fully saturated rings. The standard InChI is InChI=1S/C14H22N4/c1-13(2)17-8-10-18(9-4-6-15)12-14-5-3-7-16-11-14/h3,5,7,11,13,17H,4,8-10,12H2,1-2H3. The molecule has 98 valence electrons. The van der Waals surface area contributed by atoms with Crippen LogP contribution in [0.25, 0.3) is 0 Å². The molecule has 4 nitrogen and oxygen atoms in total. The van der Waals surface area contributed by atoms with Crippen molar-refractivity contribution < 1.29 is 0 Å². The molecule has 18 heavy (non-hydrogen) atoms. The van der Waals surface area contributed by atoms with Crippen LogP contribution in [0.4, 0.5) is 0 Å². The van der Waals surface area contributed by atoms with Crippen molar-refractivity contribution in [3.8, 4) is 6.07 Å². The predicted octanol–water partition coefficient (Wildman–Crippen LogP) is 1.80. The number of aromatic nitrogens is 1. The second-order valence-corrected chi connectivity index (χ2v) is 4.65. The highest BCUT2D eigenvalue weighted by molar-refractivity contribution is 5.08. The predicted molar refractivity (Wildman–Crippen MR) is 72.9 cm³/mol. The highest BCUT2D eigenvalue weighted by atomic mass is 15.1. The number of nitrogens with one attached hydrogen (secondary N) is 1. The van der Waals surface area contributed by atoms with Gasteiger partial charge in [0.2, 0.25) is 0 Å². The molecule has 0 saturated carbocycles. The molecule has 0 radical (unpaired) electrons. The Labute approximate surface area is 110 Å². The van der Waals surface area contributed by atoms with E-state index in [1.807, 2.05) is 12.3 Å². The van der Waals surface area contributed by atoms with Crippen molar-refractivity contribution in [3.63, 3.8) is 0 Å². The first-order valence-corrected chi connectivity index (χ1v) is 6.44. The normalized spacial score (nSPS) is 10.8. The van der Waals surface area contributed by atoms with Gasteiger partial charge >= 0.3 is 0 Å². The summed E-state index contributed by atoms with van der Waals surface area (Å²) in [6.07, 6.45) is 4.24. The minimum atomic E-state index is 0.501. The Morgan fingerprint density at radius 2 is 2.28 bits per heavy atom. The van der Waals surface area contributed by atoms with Crippen LogP contribution in [0.5, 0.6) is 0 Å². The molecule has 0 bridgehead atoms. The van der Waals surface area contributed by atoms with Crippen LogP contribution in [0.1, 0.15) is 25.8 Å². The highest BCUT2D eigenvalue weighted by Gasteiger charge is 2.06. The highest BCUT2D eigenvalue weighted by Crippen LogP contribution is 2.03. The lowest BCUT2D eigenvalue weighted by Crippen LogP contribution is -2.35. The van der Waals surface area contributed by atoms with Crippen LogP contribution in [-0.4, -0.2) is 35.6 Å². The fourth-order valence-electron chi connectivity index (χ4n) is 1.74.